The summed E-state index contributed by atoms with van der Waals surface area (Å²) in [6.45, 7) is 3.67. The van der Waals surface area contributed by atoms with Gasteiger partial charge in [0.25, 0.3) is 0 Å². The van der Waals surface area contributed by atoms with E-state index < -0.39 is 4.87 Å². The van der Waals surface area contributed by atoms with E-state index in [2.05, 4.69) is 0 Å². The minimum absolute atomic E-state index is 0.0382. The van der Waals surface area contributed by atoms with Crippen LogP contribution in [0.2, 0.25) is 0 Å². The Bertz CT molecular complexity index is 568. The first-order valence-corrected chi connectivity index (χ1v) is 6.87. The van der Waals surface area contributed by atoms with Crippen LogP contribution in [0.1, 0.15) is 30.6 Å². The average Bonchev–Trinajstić information content (AvgIpc) is 2.39. The zero-order valence-corrected chi connectivity index (χ0v) is 12.4. The normalized spacial score (nSPS) is 11.2. The third-order valence-corrected chi connectivity index (χ3v) is 2.87. The SMILES string of the molecule is CC(C)(Cl)CC(=O)c1ccc(Oc2ccccc2)cc1. The number of hydrogen-bond acceptors (Lipinski definition) is 2. The Morgan fingerprint density at radius 1 is 1.00 bits per heavy atom. The summed E-state index contributed by atoms with van der Waals surface area (Å²) in [6, 6.07) is 16.6. The topological polar surface area (TPSA) is 26.3 Å². The van der Waals surface area contributed by atoms with Crippen LogP contribution in [0.25, 0.3) is 0 Å². The lowest BCUT2D eigenvalue weighted by atomic mass is 10.0. The Morgan fingerprint density at radius 2 is 1.55 bits per heavy atom. The molecule has 2 rings (SSSR count). The molecule has 0 atom stereocenters. The van der Waals surface area contributed by atoms with E-state index in [9.17, 15) is 4.79 Å². The smallest absolute Gasteiger partial charge is 0.164 e. The Balaban J connectivity index is 2.05. The molecule has 20 heavy (non-hydrogen) atoms. The van der Waals surface area contributed by atoms with Crippen LogP contribution in [-0.4, -0.2) is 10.7 Å². The van der Waals surface area contributed by atoms with Crippen LogP contribution >= 0.6 is 11.6 Å². The van der Waals surface area contributed by atoms with E-state index in [0.717, 1.165) is 5.75 Å². The van der Waals surface area contributed by atoms with E-state index in [1.807, 2.05) is 44.2 Å². The predicted octanol–water partition coefficient (Wildman–Crippen LogP) is 5.07. The van der Waals surface area contributed by atoms with Gasteiger partial charge in [0.2, 0.25) is 0 Å². The Hall–Kier alpha value is -1.80. The number of benzene rings is 2. The van der Waals surface area contributed by atoms with Crippen LogP contribution in [-0.2, 0) is 0 Å². The molecule has 0 fully saturated rings. The summed E-state index contributed by atoms with van der Waals surface area (Å²) in [5, 5.41) is 0. The third-order valence-electron chi connectivity index (χ3n) is 2.74. The number of alkyl halides is 1. The largest absolute Gasteiger partial charge is 0.457 e. The second-order valence-corrected chi connectivity index (χ2v) is 6.28. The van der Waals surface area contributed by atoms with Gasteiger partial charge < -0.3 is 4.74 Å². The van der Waals surface area contributed by atoms with Gasteiger partial charge in [0.05, 0.1) is 0 Å². The maximum Gasteiger partial charge on any atom is 0.164 e. The molecular formula is C17H17ClO2. The number of carbonyl (C=O) groups excluding carboxylic acids is 1. The number of Topliss-reactive ketones (excluding diaryl/α,β-unsaturated/α-hetero) is 1. The van der Waals surface area contributed by atoms with Crippen molar-refractivity contribution >= 4 is 17.4 Å². The lowest BCUT2D eigenvalue weighted by molar-refractivity contribution is 0.0973. The first-order valence-electron chi connectivity index (χ1n) is 6.49. The van der Waals surface area contributed by atoms with E-state index in [1.54, 1.807) is 24.3 Å². The molecule has 0 saturated heterocycles. The summed E-state index contributed by atoms with van der Waals surface area (Å²) in [5.41, 5.74) is 0.652. The van der Waals surface area contributed by atoms with Crippen molar-refractivity contribution in [3.63, 3.8) is 0 Å². The second-order valence-electron chi connectivity index (χ2n) is 5.26. The lowest BCUT2D eigenvalue weighted by Gasteiger charge is -2.14. The third kappa shape index (κ3) is 4.39. The molecule has 104 valence electrons. The van der Waals surface area contributed by atoms with Gasteiger partial charge >= 0.3 is 0 Å². The molecule has 2 aromatic carbocycles. The van der Waals surface area contributed by atoms with Crippen molar-refractivity contribution in [3.05, 3.63) is 60.2 Å². The summed E-state index contributed by atoms with van der Waals surface area (Å²) in [4.78, 5) is 11.5. The van der Waals surface area contributed by atoms with Gasteiger partial charge in [-0.2, -0.15) is 0 Å². The van der Waals surface area contributed by atoms with E-state index in [0.29, 0.717) is 17.7 Å². The monoisotopic (exact) mass is 288 g/mol. The van der Waals surface area contributed by atoms with Crippen molar-refractivity contribution in [3.8, 4) is 11.5 Å². The Kier molecular flexibility index (Phi) is 4.46. The molecule has 0 heterocycles. The molecule has 0 spiro atoms. The maximum atomic E-state index is 12.0. The van der Waals surface area contributed by atoms with Crippen LogP contribution < -0.4 is 4.74 Å². The maximum absolute atomic E-state index is 12.0. The highest BCUT2D eigenvalue weighted by atomic mass is 35.5. The minimum Gasteiger partial charge on any atom is -0.457 e. The molecule has 0 aromatic heterocycles. The van der Waals surface area contributed by atoms with Crippen LogP contribution in [0.3, 0.4) is 0 Å². The average molecular weight is 289 g/mol. The predicted molar refractivity (Wildman–Crippen MR) is 81.8 cm³/mol. The quantitative estimate of drug-likeness (QED) is 0.567. The van der Waals surface area contributed by atoms with Gasteiger partial charge in [0.1, 0.15) is 11.5 Å². The Labute approximate surface area is 124 Å². The number of ether oxygens (including phenoxy) is 1. The van der Waals surface area contributed by atoms with Gasteiger partial charge in [-0.05, 0) is 50.2 Å². The molecule has 3 heteroatoms. The number of halogens is 1. The molecule has 0 saturated carbocycles. The van der Waals surface area contributed by atoms with E-state index >= 15 is 0 Å². The van der Waals surface area contributed by atoms with Gasteiger partial charge in [-0.1, -0.05) is 18.2 Å². The molecule has 0 aliphatic rings. The van der Waals surface area contributed by atoms with Gasteiger partial charge in [0, 0.05) is 16.9 Å². The summed E-state index contributed by atoms with van der Waals surface area (Å²) < 4.78 is 5.68. The van der Waals surface area contributed by atoms with Crippen LogP contribution in [0.15, 0.2) is 54.6 Å². The molecule has 2 aromatic rings. The standard InChI is InChI=1S/C17H17ClO2/c1-17(2,18)12-16(19)13-8-10-15(11-9-13)20-14-6-4-3-5-7-14/h3-11H,12H2,1-2H3. The highest BCUT2D eigenvalue weighted by molar-refractivity contribution is 6.25. The van der Waals surface area contributed by atoms with Crippen molar-refractivity contribution in [2.24, 2.45) is 0 Å². The molecule has 0 unspecified atom stereocenters. The summed E-state index contributed by atoms with van der Waals surface area (Å²) in [5.74, 6) is 1.52. The summed E-state index contributed by atoms with van der Waals surface area (Å²) >= 11 is 6.07. The van der Waals surface area contributed by atoms with E-state index in [4.69, 9.17) is 16.3 Å². The first-order chi connectivity index (χ1) is 9.44. The highest BCUT2D eigenvalue weighted by Gasteiger charge is 2.19. The fourth-order valence-electron chi connectivity index (χ4n) is 1.82. The van der Waals surface area contributed by atoms with Crippen LogP contribution in [0.4, 0.5) is 0 Å². The summed E-state index contributed by atoms with van der Waals surface area (Å²) in [7, 11) is 0. The van der Waals surface area contributed by atoms with Gasteiger partial charge in [0.15, 0.2) is 5.78 Å². The fraction of sp³-hybridized carbons (Fsp3) is 0.235. The van der Waals surface area contributed by atoms with Crippen LogP contribution in [0, 0.1) is 0 Å². The number of rotatable bonds is 5. The molecule has 0 aliphatic heterocycles. The van der Waals surface area contributed by atoms with Crippen molar-refractivity contribution < 1.29 is 9.53 Å². The molecule has 0 radical (unpaired) electrons. The van der Waals surface area contributed by atoms with Crippen molar-refractivity contribution in [1.82, 2.24) is 0 Å². The van der Waals surface area contributed by atoms with Crippen molar-refractivity contribution in [1.29, 1.82) is 0 Å². The molecule has 2 nitrogen and oxygen atoms in total. The van der Waals surface area contributed by atoms with Gasteiger partial charge in [-0.25, -0.2) is 0 Å². The number of ketones is 1. The molecule has 0 bridgehead atoms. The molecule has 0 aliphatic carbocycles. The first kappa shape index (κ1) is 14.6. The summed E-state index contributed by atoms with van der Waals surface area (Å²) in [6.07, 6.45) is 0.313. The van der Waals surface area contributed by atoms with E-state index in [1.165, 1.54) is 0 Å². The van der Waals surface area contributed by atoms with E-state index in [-0.39, 0.29) is 5.78 Å². The second kappa shape index (κ2) is 6.10. The minimum atomic E-state index is -0.518. The number of carbonyl (C=O) groups is 1. The zero-order valence-electron chi connectivity index (χ0n) is 11.6. The van der Waals surface area contributed by atoms with Crippen molar-refractivity contribution in [2.75, 3.05) is 0 Å². The zero-order chi connectivity index (χ0) is 14.6. The molecule has 0 amide bonds. The molecular weight excluding hydrogens is 272 g/mol. The lowest BCUT2D eigenvalue weighted by Crippen LogP contribution is -2.16. The van der Waals surface area contributed by atoms with Crippen molar-refractivity contribution in [2.45, 2.75) is 25.1 Å². The number of hydrogen-bond donors (Lipinski definition) is 0. The van der Waals surface area contributed by atoms with Gasteiger partial charge in [-0.15, -0.1) is 11.6 Å². The number of para-hydroxylation sites is 1. The van der Waals surface area contributed by atoms with Gasteiger partial charge in [-0.3, -0.25) is 4.79 Å². The highest BCUT2D eigenvalue weighted by Crippen LogP contribution is 2.24. The van der Waals surface area contributed by atoms with Crippen LogP contribution in [0.5, 0.6) is 11.5 Å². The molecule has 0 N–H and O–H groups in total. The fourth-order valence-corrected chi connectivity index (χ4v) is 1.94. The Morgan fingerprint density at radius 3 is 2.10 bits per heavy atom.